The SMILES string of the molecule is Cc1ccc(I)c(C(=O)NC2CNCCC2C)c1.Cl. The number of halogens is 2. The van der Waals surface area contributed by atoms with Gasteiger partial charge in [0.2, 0.25) is 0 Å². The number of aryl methyl sites for hydroxylation is 1. The number of hydrogen-bond donors (Lipinski definition) is 2. The van der Waals surface area contributed by atoms with E-state index in [4.69, 9.17) is 0 Å². The van der Waals surface area contributed by atoms with Crippen LogP contribution in [0, 0.1) is 16.4 Å². The van der Waals surface area contributed by atoms with Gasteiger partial charge in [-0.15, -0.1) is 12.4 Å². The summed E-state index contributed by atoms with van der Waals surface area (Å²) < 4.78 is 1.01. The van der Waals surface area contributed by atoms with Crippen molar-refractivity contribution in [2.75, 3.05) is 13.1 Å². The predicted molar refractivity (Wildman–Crippen MR) is 89.0 cm³/mol. The second-order valence-electron chi connectivity index (χ2n) is 5.03. The van der Waals surface area contributed by atoms with Crippen molar-refractivity contribution in [2.45, 2.75) is 26.3 Å². The highest BCUT2D eigenvalue weighted by Crippen LogP contribution is 2.16. The number of carbonyl (C=O) groups excluding carboxylic acids is 1. The van der Waals surface area contributed by atoms with Gasteiger partial charge in [-0.05, 0) is 60.5 Å². The van der Waals surface area contributed by atoms with Crippen LogP contribution in [-0.2, 0) is 0 Å². The molecule has 2 N–H and O–H groups in total. The summed E-state index contributed by atoms with van der Waals surface area (Å²) in [6.45, 7) is 6.13. The van der Waals surface area contributed by atoms with Gasteiger partial charge in [-0.3, -0.25) is 4.79 Å². The van der Waals surface area contributed by atoms with Crippen LogP contribution in [0.15, 0.2) is 18.2 Å². The number of benzene rings is 1. The number of rotatable bonds is 2. The summed E-state index contributed by atoms with van der Waals surface area (Å²) in [6, 6.07) is 6.22. The third kappa shape index (κ3) is 4.33. The average Bonchev–Trinajstić information content (AvgIpc) is 2.35. The molecule has 1 aliphatic heterocycles. The number of carbonyl (C=O) groups is 1. The van der Waals surface area contributed by atoms with E-state index in [-0.39, 0.29) is 24.4 Å². The fraction of sp³-hybridized carbons (Fsp3) is 0.500. The van der Waals surface area contributed by atoms with Crippen LogP contribution in [0.3, 0.4) is 0 Å². The molecule has 106 valence electrons. The summed E-state index contributed by atoms with van der Waals surface area (Å²) >= 11 is 2.22. The highest BCUT2D eigenvalue weighted by atomic mass is 127. The largest absolute Gasteiger partial charge is 0.348 e. The third-order valence-corrected chi connectivity index (χ3v) is 4.45. The quantitative estimate of drug-likeness (QED) is 0.757. The van der Waals surface area contributed by atoms with Crippen LogP contribution in [-0.4, -0.2) is 25.0 Å². The van der Waals surface area contributed by atoms with E-state index >= 15 is 0 Å². The van der Waals surface area contributed by atoms with Gasteiger partial charge < -0.3 is 10.6 Å². The molecule has 0 bridgehead atoms. The molecule has 5 heteroatoms. The second kappa shape index (κ2) is 7.45. The van der Waals surface area contributed by atoms with Crippen LogP contribution in [0.25, 0.3) is 0 Å². The van der Waals surface area contributed by atoms with E-state index in [1.807, 2.05) is 25.1 Å². The minimum Gasteiger partial charge on any atom is -0.348 e. The molecule has 0 saturated carbocycles. The summed E-state index contributed by atoms with van der Waals surface area (Å²) in [6.07, 6.45) is 1.12. The molecule has 1 amide bonds. The molecular formula is C14H20ClIN2O. The van der Waals surface area contributed by atoms with Crippen molar-refractivity contribution in [3.63, 3.8) is 0 Å². The number of hydrogen-bond acceptors (Lipinski definition) is 2. The van der Waals surface area contributed by atoms with Crippen molar-refractivity contribution in [1.29, 1.82) is 0 Å². The highest BCUT2D eigenvalue weighted by Gasteiger charge is 2.23. The molecule has 0 spiro atoms. The zero-order valence-corrected chi connectivity index (χ0v) is 14.2. The number of piperidine rings is 1. The molecule has 19 heavy (non-hydrogen) atoms. The Bertz CT molecular complexity index is 453. The Balaban J connectivity index is 0.00000180. The zero-order chi connectivity index (χ0) is 13.1. The first-order chi connectivity index (χ1) is 8.58. The fourth-order valence-electron chi connectivity index (χ4n) is 2.24. The standard InChI is InChI=1S/C14H19IN2O.ClH/c1-9-3-4-12(15)11(7-9)14(18)17-13-8-16-6-5-10(13)2;/h3-4,7,10,13,16H,5-6,8H2,1-2H3,(H,17,18);1H. The molecule has 0 radical (unpaired) electrons. The van der Waals surface area contributed by atoms with Gasteiger partial charge >= 0.3 is 0 Å². The van der Waals surface area contributed by atoms with Crippen LogP contribution < -0.4 is 10.6 Å². The van der Waals surface area contributed by atoms with Gasteiger partial charge in [-0.25, -0.2) is 0 Å². The Morgan fingerprint density at radius 1 is 1.47 bits per heavy atom. The second-order valence-corrected chi connectivity index (χ2v) is 6.20. The Morgan fingerprint density at radius 2 is 2.21 bits per heavy atom. The Hall–Kier alpha value is -0.330. The minimum absolute atomic E-state index is 0. The first kappa shape index (κ1) is 16.7. The molecule has 2 unspecified atom stereocenters. The van der Waals surface area contributed by atoms with Crippen LogP contribution in [0.2, 0.25) is 0 Å². The maximum Gasteiger partial charge on any atom is 0.252 e. The Morgan fingerprint density at radius 3 is 2.89 bits per heavy atom. The summed E-state index contributed by atoms with van der Waals surface area (Å²) in [5.41, 5.74) is 1.91. The smallest absolute Gasteiger partial charge is 0.252 e. The number of nitrogens with one attached hydrogen (secondary N) is 2. The molecule has 0 aromatic heterocycles. The van der Waals surface area contributed by atoms with Gasteiger partial charge in [0.05, 0.1) is 5.56 Å². The predicted octanol–water partition coefficient (Wildman–Crippen LogP) is 2.75. The first-order valence-electron chi connectivity index (χ1n) is 6.35. The molecular weight excluding hydrogens is 375 g/mol. The Kier molecular flexibility index (Phi) is 6.56. The van der Waals surface area contributed by atoms with Crippen molar-refractivity contribution >= 4 is 40.9 Å². The molecule has 2 atom stereocenters. The lowest BCUT2D eigenvalue weighted by molar-refractivity contribution is 0.0914. The van der Waals surface area contributed by atoms with E-state index in [0.29, 0.717) is 5.92 Å². The molecule has 3 nitrogen and oxygen atoms in total. The molecule has 1 aliphatic rings. The van der Waals surface area contributed by atoms with E-state index in [9.17, 15) is 4.79 Å². The summed E-state index contributed by atoms with van der Waals surface area (Å²) in [4.78, 5) is 12.3. The van der Waals surface area contributed by atoms with E-state index in [2.05, 4.69) is 40.1 Å². The van der Waals surface area contributed by atoms with Crippen molar-refractivity contribution in [3.8, 4) is 0 Å². The maximum absolute atomic E-state index is 12.3. The third-order valence-electron chi connectivity index (χ3n) is 3.51. The van der Waals surface area contributed by atoms with Gasteiger partial charge in [0.15, 0.2) is 0 Å². The average molecular weight is 395 g/mol. The lowest BCUT2D eigenvalue weighted by Gasteiger charge is -2.30. The molecule has 1 aromatic rings. The maximum atomic E-state index is 12.3. The van der Waals surface area contributed by atoms with E-state index < -0.39 is 0 Å². The van der Waals surface area contributed by atoms with Crippen LogP contribution in [0.5, 0.6) is 0 Å². The summed E-state index contributed by atoms with van der Waals surface area (Å²) in [5.74, 6) is 0.585. The van der Waals surface area contributed by atoms with Gasteiger partial charge in [-0.1, -0.05) is 18.6 Å². The van der Waals surface area contributed by atoms with Crippen molar-refractivity contribution < 1.29 is 4.79 Å². The van der Waals surface area contributed by atoms with Crippen molar-refractivity contribution in [1.82, 2.24) is 10.6 Å². The lowest BCUT2D eigenvalue weighted by atomic mass is 9.94. The molecule has 0 aliphatic carbocycles. The normalized spacial score (nSPS) is 22.5. The Labute approximate surface area is 134 Å². The van der Waals surface area contributed by atoms with E-state index in [1.165, 1.54) is 0 Å². The summed E-state index contributed by atoms with van der Waals surface area (Å²) in [5, 5.41) is 6.48. The minimum atomic E-state index is 0. The molecule has 1 heterocycles. The first-order valence-corrected chi connectivity index (χ1v) is 7.43. The van der Waals surface area contributed by atoms with Crippen LogP contribution in [0.1, 0.15) is 29.3 Å². The topological polar surface area (TPSA) is 41.1 Å². The molecule has 1 saturated heterocycles. The fourth-order valence-corrected chi connectivity index (χ4v) is 2.82. The molecule has 2 rings (SSSR count). The molecule has 1 fully saturated rings. The monoisotopic (exact) mass is 394 g/mol. The number of amides is 1. The van der Waals surface area contributed by atoms with Crippen molar-refractivity contribution in [2.24, 2.45) is 5.92 Å². The molecule has 1 aromatic carbocycles. The lowest BCUT2D eigenvalue weighted by Crippen LogP contribution is -2.50. The highest BCUT2D eigenvalue weighted by molar-refractivity contribution is 14.1. The summed E-state index contributed by atoms with van der Waals surface area (Å²) in [7, 11) is 0. The van der Waals surface area contributed by atoms with E-state index in [1.54, 1.807) is 0 Å². The van der Waals surface area contributed by atoms with Crippen LogP contribution >= 0.6 is 35.0 Å². The van der Waals surface area contributed by atoms with Gasteiger partial charge in [0.25, 0.3) is 5.91 Å². The van der Waals surface area contributed by atoms with Gasteiger partial charge in [0.1, 0.15) is 0 Å². The van der Waals surface area contributed by atoms with Crippen molar-refractivity contribution in [3.05, 3.63) is 32.9 Å². The van der Waals surface area contributed by atoms with E-state index in [0.717, 1.165) is 34.2 Å². The van der Waals surface area contributed by atoms with Gasteiger partial charge in [-0.2, -0.15) is 0 Å². The zero-order valence-electron chi connectivity index (χ0n) is 11.2. The van der Waals surface area contributed by atoms with Crippen LogP contribution in [0.4, 0.5) is 0 Å². The van der Waals surface area contributed by atoms with Gasteiger partial charge in [0, 0.05) is 16.2 Å².